The van der Waals surface area contributed by atoms with Gasteiger partial charge in [0.25, 0.3) is 0 Å². The average Bonchev–Trinajstić information content (AvgIpc) is 2.37. The lowest BCUT2D eigenvalue weighted by molar-refractivity contribution is -0.137. The third-order valence-corrected chi connectivity index (χ3v) is 3.42. The van der Waals surface area contributed by atoms with Gasteiger partial charge in [-0.15, -0.1) is 0 Å². The van der Waals surface area contributed by atoms with Gasteiger partial charge in [-0.2, -0.15) is 30.2 Å². The van der Waals surface area contributed by atoms with E-state index < -0.39 is 11.7 Å². The van der Waals surface area contributed by atoms with Crippen LogP contribution in [0.2, 0.25) is 0 Å². The smallest absolute Gasteiger partial charge is 0.385 e. The van der Waals surface area contributed by atoms with Gasteiger partial charge in [0.1, 0.15) is 0 Å². The number of anilines is 1. The van der Waals surface area contributed by atoms with Crippen molar-refractivity contribution in [1.82, 2.24) is 0 Å². The average molecular weight is 288 g/mol. The highest BCUT2D eigenvalue weighted by Crippen LogP contribution is 2.35. The van der Waals surface area contributed by atoms with Crippen molar-refractivity contribution in [3.8, 4) is 6.07 Å². The molecule has 0 atom stereocenters. The Morgan fingerprint density at radius 3 is 2.68 bits per heavy atom. The SMILES string of the molecule is CCSCCCNc1ccc(C#N)cc1C(F)(F)F. The molecule has 1 rings (SSSR count). The molecule has 0 saturated heterocycles. The van der Waals surface area contributed by atoms with E-state index in [1.165, 1.54) is 12.1 Å². The number of alkyl halides is 3. The lowest BCUT2D eigenvalue weighted by Gasteiger charge is -2.14. The molecule has 0 radical (unpaired) electrons. The van der Waals surface area contributed by atoms with Crippen molar-refractivity contribution in [1.29, 1.82) is 5.26 Å². The van der Waals surface area contributed by atoms with Crippen LogP contribution in [0.5, 0.6) is 0 Å². The molecule has 0 spiro atoms. The molecule has 0 saturated carbocycles. The Kier molecular flexibility index (Phi) is 6.03. The second kappa shape index (κ2) is 7.29. The summed E-state index contributed by atoms with van der Waals surface area (Å²) in [6.45, 7) is 2.53. The van der Waals surface area contributed by atoms with Gasteiger partial charge in [0.2, 0.25) is 0 Å². The zero-order valence-electron chi connectivity index (χ0n) is 10.5. The molecule has 6 heteroatoms. The first-order chi connectivity index (χ1) is 8.99. The Morgan fingerprint density at radius 1 is 1.37 bits per heavy atom. The molecule has 1 aromatic rings. The minimum atomic E-state index is -4.45. The summed E-state index contributed by atoms with van der Waals surface area (Å²) in [5, 5.41) is 11.4. The van der Waals surface area contributed by atoms with Gasteiger partial charge in [0.05, 0.1) is 17.2 Å². The molecule has 0 amide bonds. The Labute approximate surface area is 115 Å². The molecule has 0 unspecified atom stereocenters. The highest BCUT2D eigenvalue weighted by Gasteiger charge is 2.33. The van der Waals surface area contributed by atoms with Crippen LogP contribution in [0.4, 0.5) is 18.9 Å². The van der Waals surface area contributed by atoms with Crippen LogP contribution in [-0.2, 0) is 6.18 Å². The number of nitrogens with zero attached hydrogens (tertiary/aromatic N) is 1. The number of hydrogen-bond acceptors (Lipinski definition) is 3. The summed E-state index contributed by atoms with van der Waals surface area (Å²) >= 11 is 1.75. The van der Waals surface area contributed by atoms with Crippen LogP contribution < -0.4 is 5.32 Å². The summed E-state index contributed by atoms with van der Waals surface area (Å²) < 4.78 is 38.5. The van der Waals surface area contributed by atoms with Crippen molar-refractivity contribution in [2.75, 3.05) is 23.4 Å². The van der Waals surface area contributed by atoms with Gasteiger partial charge in [-0.05, 0) is 36.1 Å². The van der Waals surface area contributed by atoms with Crippen LogP contribution in [0.25, 0.3) is 0 Å². The van der Waals surface area contributed by atoms with Crippen LogP contribution in [0.3, 0.4) is 0 Å². The quantitative estimate of drug-likeness (QED) is 0.799. The first-order valence-electron chi connectivity index (χ1n) is 5.92. The van der Waals surface area contributed by atoms with Crippen molar-refractivity contribution in [3.05, 3.63) is 29.3 Å². The second-order valence-electron chi connectivity index (χ2n) is 3.85. The molecule has 104 valence electrons. The molecule has 0 aliphatic rings. The number of rotatable bonds is 6. The molecule has 0 aromatic heterocycles. The highest BCUT2D eigenvalue weighted by molar-refractivity contribution is 7.99. The second-order valence-corrected chi connectivity index (χ2v) is 5.24. The standard InChI is InChI=1S/C13H15F3N2S/c1-2-19-7-3-6-18-12-5-4-10(9-17)8-11(12)13(14,15)16/h4-5,8,18H,2-3,6-7H2,1H3. The third-order valence-electron chi connectivity index (χ3n) is 2.44. The van der Waals surface area contributed by atoms with Gasteiger partial charge in [-0.1, -0.05) is 6.92 Å². The number of nitrogens with one attached hydrogen (secondary N) is 1. The molecule has 1 aromatic carbocycles. The normalized spacial score (nSPS) is 11.1. The molecule has 0 aliphatic carbocycles. The van der Waals surface area contributed by atoms with E-state index in [0.29, 0.717) is 6.54 Å². The van der Waals surface area contributed by atoms with Crippen LogP contribution in [0.1, 0.15) is 24.5 Å². The fourth-order valence-corrected chi connectivity index (χ4v) is 2.18. The van der Waals surface area contributed by atoms with Gasteiger partial charge in [0.15, 0.2) is 0 Å². The van der Waals surface area contributed by atoms with E-state index in [4.69, 9.17) is 5.26 Å². The summed E-state index contributed by atoms with van der Waals surface area (Å²) in [4.78, 5) is 0. The van der Waals surface area contributed by atoms with Crippen molar-refractivity contribution in [2.45, 2.75) is 19.5 Å². The van der Waals surface area contributed by atoms with Gasteiger partial charge in [0, 0.05) is 12.2 Å². The predicted octanol–water partition coefficient (Wildman–Crippen LogP) is 4.13. The van der Waals surface area contributed by atoms with Crippen molar-refractivity contribution >= 4 is 17.4 Å². The van der Waals surface area contributed by atoms with E-state index in [-0.39, 0.29) is 11.3 Å². The Hall–Kier alpha value is -1.35. The van der Waals surface area contributed by atoms with E-state index in [9.17, 15) is 13.2 Å². The maximum Gasteiger partial charge on any atom is 0.418 e. The van der Waals surface area contributed by atoms with Crippen molar-refractivity contribution < 1.29 is 13.2 Å². The van der Waals surface area contributed by atoms with Gasteiger partial charge >= 0.3 is 6.18 Å². The van der Waals surface area contributed by atoms with Gasteiger partial charge in [-0.25, -0.2) is 0 Å². The van der Waals surface area contributed by atoms with E-state index in [2.05, 4.69) is 5.32 Å². The Balaban J connectivity index is 2.74. The minimum absolute atomic E-state index is 0.0133. The van der Waals surface area contributed by atoms with E-state index in [1.807, 2.05) is 6.92 Å². The fourth-order valence-electron chi connectivity index (χ4n) is 1.54. The number of halogens is 3. The molecule has 0 heterocycles. The number of nitriles is 1. The summed E-state index contributed by atoms with van der Waals surface area (Å²) in [5.41, 5.74) is -0.734. The zero-order valence-corrected chi connectivity index (χ0v) is 11.4. The van der Waals surface area contributed by atoms with Gasteiger partial charge < -0.3 is 5.32 Å². The van der Waals surface area contributed by atoms with Gasteiger partial charge in [-0.3, -0.25) is 0 Å². The fraction of sp³-hybridized carbons (Fsp3) is 0.462. The van der Waals surface area contributed by atoms with Crippen LogP contribution >= 0.6 is 11.8 Å². The summed E-state index contributed by atoms with van der Waals surface area (Å²) in [6, 6.07) is 5.30. The maximum absolute atomic E-state index is 12.8. The molecular weight excluding hydrogens is 273 g/mol. The molecule has 2 nitrogen and oxygen atoms in total. The molecule has 0 bridgehead atoms. The molecule has 1 N–H and O–H groups in total. The summed E-state index contributed by atoms with van der Waals surface area (Å²) in [7, 11) is 0. The van der Waals surface area contributed by atoms with Crippen LogP contribution in [-0.4, -0.2) is 18.1 Å². The van der Waals surface area contributed by atoms with E-state index in [1.54, 1.807) is 17.8 Å². The Bertz CT molecular complexity index is 452. The zero-order chi connectivity index (χ0) is 14.3. The molecule has 0 fully saturated rings. The van der Waals surface area contributed by atoms with Crippen molar-refractivity contribution in [2.24, 2.45) is 0 Å². The minimum Gasteiger partial charge on any atom is -0.385 e. The lowest BCUT2D eigenvalue weighted by atomic mass is 10.1. The molecular formula is C13H15F3N2S. The topological polar surface area (TPSA) is 35.8 Å². The van der Waals surface area contributed by atoms with E-state index >= 15 is 0 Å². The maximum atomic E-state index is 12.8. The third kappa shape index (κ3) is 5.03. The summed E-state index contributed by atoms with van der Waals surface area (Å²) in [5.74, 6) is 1.92. The highest BCUT2D eigenvalue weighted by atomic mass is 32.2. The first kappa shape index (κ1) is 15.7. The van der Waals surface area contributed by atoms with E-state index in [0.717, 1.165) is 24.0 Å². The number of benzene rings is 1. The largest absolute Gasteiger partial charge is 0.418 e. The Morgan fingerprint density at radius 2 is 2.11 bits per heavy atom. The first-order valence-corrected chi connectivity index (χ1v) is 7.07. The number of thioether (sulfide) groups is 1. The summed E-state index contributed by atoms with van der Waals surface area (Å²) in [6.07, 6.45) is -3.65. The van der Waals surface area contributed by atoms with Crippen LogP contribution in [0.15, 0.2) is 18.2 Å². The number of hydrogen-bond donors (Lipinski definition) is 1. The lowest BCUT2D eigenvalue weighted by Crippen LogP contribution is -2.12. The predicted molar refractivity (Wildman–Crippen MR) is 72.3 cm³/mol. The molecule has 0 aliphatic heterocycles. The van der Waals surface area contributed by atoms with Crippen molar-refractivity contribution in [3.63, 3.8) is 0 Å². The monoisotopic (exact) mass is 288 g/mol. The van der Waals surface area contributed by atoms with Crippen LogP contribution in [0, 0.1) is 11.3 Å². The molecule has 19 heavy (non-hydrogen) atoms.